The fourth-order valence-corrected chi connectivity index (χ4v) is 1.53. The number of hydrogen-bond acceptors (Lipinski definition) is 2. The molecule has 0 radical (unpaired) electrons. The first kappa shape index (κ1) is 17.7. The number of para-hydroxylation sites is 1. The molecular formula is C15H13F5O2. The van der Waals surface area contributed by atoms with Crippen LogP contribution in [0.4, 0.5) is 22.0 Å². The highest BCUT2D eigenvalue weighted by Crippen LogP contribution is 2.35. The van der Waals surface area contributed by atoms with Gasteiger partial charge in [-0.3, -0.25) is 0 Å². The van der Waals surface area contributed by atoms with Crippen molar-refractivity contribution in [1.29, 1.82) is 0 Å². The number of methoxy groups -OCH3 is 2. The van der Waals surface area contributed by atoms with Crippen molar-refractivity contribution in [2.24, 2.45) is 0 Å². The highest BCUT2D eigenvalue weighted by molar-refractivity contribution is 5.35. The molecule has 22 heavy (non-hydrogen) atoms. The largest absolute Gasteiger partial charge is 0.497 e. The van der Waals surface area contributed by atoms with Gasteiger partial charge in [-0.25, -0.2) is 8.78 Å². The van der Waals surface area contributed by atoms with Gasteiger partial charge in [-0.1, -0.05) is 12.1 Å². The van der Waals surface area contributed by atoms with Crippen LogP contribution in [-0.2, 0) is 6.18 Å². The van der Waals surface area contributed by atoms with Crippen molar-refractivity contribution in [2.75, 3.05) is 14.2 Å². The average molecular weight is 320 g/mol. The van der Waals surface area contributed by atoms with Crippen LogP contribution in [0.25, 0.3) is 0 Å². The molecule has 0 atom stereocenters. The fraction of sp³-hybridized carbons (Fsp3) is 0.200. The van der Waals surface area contributed by atoms with Gasteiger partial charge < -0.3 is 9.47 Å². The maximum Gasteiger partial charge on any atom is 0.419 e. The number of hydrogen-bond donors (Lipinski definition) is 0. The standard InChI is InChI=1S/C8H7F3O.C7H6F2O/c1-12-7-5-3-2-4-6(7)8(9,10)11;1-10-7-3-5(8)2-6(9)4-7/h2-5H,1H3;2-4H,1H3. The summed E-state index contributed by atoms with van der Waals surface area (Å²) in [5.74, 6) is -1.21. The SMILES string of the molecule is COc1cc(F)cc(F)c1.COc1ccccc1C(F)(F)F. The number of rotatable bonds is 2. The molecule has 0 N–H and O–H groups in total. The van der Waals surface area contributed by atoms with Crippen molar-refractivity contribution >= 4 is 0 Å². The lowest BCUT2D eigenvalue weighted by Gasteiger charge is -2.10. The van der Waals surface area contributed by atoms with E-state index in [0.717, 1.165) is 24.3 Å². The molecule has 0 heterocycles. The average Bonchev–Trinajstić information content (AvgIpc) is 2.46. The first-order valence-corrected chi connectivity index (χ1v) is 5.98. The Labute approximate surface area is 124 Å². The van der Waals surface area contributed by atoms with Gasteiger partial charge in [-0.05, 0) is 12.1 Å². The lowest BCUT2D eigenvalue weighted by atomic mass is 10.2. The Hall–Kier alpha value is -2.31. The van der Waals surface area contributed by atoms with Crippen LogP contribution in [0.1, 0.15) is 5.56 Å². The third-order valence-electron chi connectivity index (χ3n) is 2.48. The van der Waals surface area contributed by atoms with E-state index < -0.39 is 23.4 Å². The molecule has 0 aliphatic carbocycles. The molecule has 0 fully saturated rings. The van der Waals surface area contributed by atoms with Crippen molar-refractivity contribution in [3.8, 4) is 11.5 Å². The predicted molar refractivity (Wildman–Crippen MR) is 70.9 cm³/mol. The Kier molecular flexibility index (Phi) is 6.15. The van der Waals surface area contributed by atoms with Gasteiger partial charge >= 0.3 is 6.18 Å². The molecule has 0 spiro atoms. The third-order valence-corrected chi connectivity index (χ3v) is 2.48. The second-order valence-electron chi connectivity index (χ2n) is 4.01. The van der Waals surface area contributed by atoms with Crippen LogP contribution >= 0.6 is 0 Å². The van der Waals surface area contributed by atoms with Crippen LogP contribution in [0.15, 0.2) is 42.5 Å². The second kappa shape index (κ2) is 7.63. The smallest absolute Gasteiger partial charge is 0.419 e. The summed E-state index contributed by atoms with van der Waals surface area (Å²) in [6.45, 7) is 0. The Morgan fingerprint density at radius 2 is 1.36 bits per heavy atom. The van der Waals surface area contributed by atoms with Crippen LogP contribution < -0.4 is 9.47 Å². The number of halogens is 5. The number of benzene rings is 2. The first-order valence-electron chi connectivity index (χ1n) is 5.98. The molecule has 2 aromatic carbocycles. The Bertz CT molecular complexity index is 591. The van der Waals surface area contributed by atoms with Gasteiger partial charge in [-0.15, -0.1) is 0 Å². The molecule has 0 amide bonds. The van der Waals surface area contributed by atoms with E-state index in [-0.39, 0.29) is 11.5 Å². The van der Waals surface area contributed by atoms with Crippen molar-refractivity contribution < 1.29 is 31.4 Å². The quantitative estimate of drug-likeness (QED) is 0.748. The maximum atomic E-state index is 12.3. The summed E-state index contributed by atoms with van der Waals surface area (Å²) in [5, 5.41) is 0. The van der Waals surface area contributed by atoms with Crippen molar-refractivity contribution in [3.05, 3.63) is 59.7 Å². The summed E-state index contributed by atoms with van der Waals surface area (Å²) in [7, 11) is 2.57. The van der Waals surface area contributed by atoms with Gasteiger partial charge in [0.25, 0.3) is 0 Å². The zero-order valence-corrected chi connectivity index (χ0v) is 11.7. The number of ether oxygens (including phenoxy) is 2. The van der Waals surface area contributed by atoms with E-state index in [9.17, 15) is 22.0 Å². The zero-order chi connectivity index (χ0) is 16.8. The molecule has 2 aromatic rings. The number of alkyl halides is 3. The predicted octanol–water partition coefficient (Wildman–Crippen LogP) is 4.69. The lowest BCUT2D eigenvalue weighted by Crippen LogP contribution is -2.06. The molecule has 0 saturated heterocycles. The van der Waals surface area contributed by atoms with Crippen LogP contribution in [-0.4, -0.2) is 14.2 Å². The fourth-order valence-electron chi connectivity index (χ4n) is 1.53. The Morgan fingerprint density at radius 1 is 0.818 bits per heavy atom. The van der Waals surface area contributed by atoms with Gasteiger partial charge in [0.15, 0.2) is 0 Å². The Balaban J connectivity index is 0.000000224. The Morgan fingerprint density at radius 3 is 1.77 bits per heavy atom. The molecule has 120 valence electrons. The molecule has 0 aromatic heterocycles. The summed E-state index contributed by atoms with van der Waals surface area (Å²) >= 11 is 0. The van der Waals surface area contributed by atoms with Crippen LogP contribution in [0, 0.1) is 11.6 Å². The van der Waals surface area contributed by atoms with Gasteiger partial charge in [0.2, 0.25) is 0 Å². The van der Waals surface area contributed by atoms with Gasteiger partial charge in [0.1, 0.15) is 23.1 Å². The minimum absolute atomic E-state index is 0.148. The molecule has 0 aliphatic rings. The van der Waals surface area contributed by atoms with Crippen LogP contribution in [0.2, 0.25) is 0 Å². The lowest BCUT2D eigenvalue weighted by molar-refractivity contribution is -0.138. The summed E-state index contributed by atoms with van der Waals surface area (Å²) < 4.78 is 70.2. The molecule has 2 rings (SSSR count). The highest BCUT2D eigenvalue weighted by atomic mass is 19.4. The summed E-state index contributed by atoms with van der Waals surface area (Å²) in [6, 6.07) is 8.11. The second-order valence-corrected chi connectivity index (χ2v) is 4.01. The van der Waals surface area contributed by atoms with E-state index >= 15 is 0 Å². The van der Waals surface area contributed by atoms with E-state index in [4.69, 9.17) is 0 Å². The van der Waals surface area contributed by atoms with E-state index in [1.165, 1.54) is 32.4 Å². The summed E-state index contributed by atoms with van der Waals surface area (Å²) in [6.07, 6.45) is -4.34. The maximum absolute atomic E-state index is 12.3. The molecule has 0 saturated carbocycles. The first-order chi connectivity index (χ1) is 10.3. The highest BCUT2D eigenvalue weighted by Gasteiger charge is 2.33. The van der Waals surface area contributed by atoms with Gasteiger partial charge in [0.05, 0.1) is 19.8 Å². The molecule has 7 heteroatoms. The molecule has 2 nitrogen and oxygen atoms in total. The van der Waals surface area contributed by atoms with Gasteiger partial charge in [-0.2, -0.15) is 13.2 Å². The van der Waals surface area contributed by atoms with Crippen LogP contribution in [0.5, 0.6) is 11.5 Å². The monoisotopic (exact) mass is 320 g/mol. The molecular weight excluding hydrogens is 307 g/mol. The van der Waals surface area contributed by atoms with Crippen molar-refractivity contribution in [1.82, 2.24) is 0 Å². The van der Waals surface area contributed by atoms with Crippen molar-refractivity contribution in [2.45, 2.75) is 6.18 Å². The van der Waals surface area contributed by atoms with E-state index in [1.807, 2.05) is 0 Å². The topological polar surface area (TPSA) is 18.5 Å². The summed E-state index contributed by atoms with van der Waals surface area (Å²) in [4.78, 5) is 0. The zero-order valence-electron chi connectivity index (χ0n) is 11.7. The molecule has 0 aliphatic heterocycles. The minimum atomic E-state index is -4.34. The third kappa shape index (κ3) is 5.23. The normalized spacial score (nSPS) is 10.5. The van der Waals surface area contributed by atoms with E-state index in [0.29, 0.717) is 0 Å². The minimum Gasteiger partial charge on any atom is -0.497 e. The van der Waals surface area contributed by atoms with Gasteiger partial charge in [0, 0.05) is 18.2 Å². The molecule has 0 unspecified atom stereocenters. The van der Waals surface area contributed by atoms with Crippen LogP contribution in [0.3, 0.4) is 0 Å². The van der Waals surface area contributed by atoms with Crippen molar-refractivity contribution in [3.63, 3.8) is 0 Å². The van der Waals surface area contributed by atoms with E-state index in [1.54, 1.807) is 0 Å². The summed E-state index contributed by atoms with van der Waals surface area (Å²) in [5.41, 5.74) is -0.743. The van der Waals surface area contributed by atoms with E-state index in [2.05, 4.69) is 9.47 Å². The molecule has 0 bridgehead atoms.